The Kier molecular flexibility index (Phi) is 3.57. The lowest BCUT2D eigenvalue weighted by molar-refractivity contribution is -0.120. The van der Waals surface area contributed by atoms with Gasteiger partial charge in [-0.3, -0.25) is 9.59 Å². The first-order chi connectivity index (χ1) is 8.18. The first kappa shape index (κ1) is 11.8. The molecule has 2 atom stereocenters. The maximum absolute atomic E-state index is 11.9. The van der Waals surface area contributed by atoms with E-state index in [0.29, 0.717) is 18.6 Å². The molecule has 2 N–H and O–H groups in total. The Hall–Kier alpha value is -1.64. The van der Waals surface area contributed by atoms with Gasteiger partial charge in [-0.1, -0.05) is 30.3 Å². The van der Waals surface area contributed by atoms with Crippen molar-refractivity contribution in [1.82, 2.24) is 0 Å². The van der Waals surface area contributed by atoms with E-state index in [1.54, 1.807) is 0 Å². The SMILES string of the molecule is NC(=O)CCC1CCC(=O)C1c1ccccc1. The largest absolute Gasteiger partial charge is 0.370 e. The van der Waals surface area contributed by atoms with Crippen molar-refractivity contribution in [3.8, 4) is 0 Å². The third-order valence-electron chi connectivity index (χ3n) is 3.50. The molecule has 3 nitrogen and oxygen atoms in total. The molecule has 1 saturated carbocycles. The van der Waals surface area contributed by atoms with Gasteiger partial charge in [-0.05, 0) is 24.3 Å². The molecule has 1 amide bonds. The van der Waals surface area contributed by atoms with Crippen LogP contribution in [0.15, 0.2) is 30.3 Å². The van der Waals surface area contributed by atoms with E-state index in [1.807, 2.05) is 30.3 Å². The molecule has 1 aliphatic rings. The van der Waals surface area contributed by atoms with E-state index >= 15 is 0 Å². The van der Waals surface area contributed by atoms with Crippen molar-refractivity contribution >= 4 is 11.7 Å². The summed E-state index contributed by atoms with van der Waals surface area (Å²) in [6.07, 6.45) is 2.61. The van der Waals surface area contributed by atoms with Crippen molar-refractivity contribution in [3.63, 3.8) is 0 Å². The summed E-state index contributed by atoms with van der Waals surface area (Å²) in [5.74, 6) is 0.259. The van der Waals surface area contributed by atoms with Gasteiger partial charge in [0.05, 0.1) is 0 Å². The van der Waals surface area contributed by atoms with Crippen molar-refractivity contribution in [1.29, 1.82) is 0 Å². The lowest BCUT2D eigenvalue weighted by atomic mass is 9.85. The molecule has 1 aliphatic carbocycles. The molecule has 0 bridgehead atoms. The fourth-order valence-corrected chi connectivity index (χ4v) is 2.67. The highest BCUT2D eigenvalue weighted by atomic mass is 16.1. The lowest BCUT2D eigenvalue weighted by Crippen LogP contribution is -2.16. The average Bonchev–Trinajstić information content (AvgIpc) is 2.69. The molecule has 0 saturated heterocycles. The van der Waals surface area contributed by atoms with Crippen LogP contribution in [0.4, 0.5) is 0 Å². The van der Waals surface area contributed by atoms with Crippen molar-refractivity contribution in [2.75, 3.05) is 0 Å². The second kappa shape index (κ2) is 5.13. The van der Waals surface area contributed by atoms with E-state index < -0.39 is 0 Å². The first-order valence-electron chi connectivity index (χ1n) is 6.04. The van der Waals surface area contributed by atoms with E-state index in [9.17, 15) is 9.59 Å². The van der Waals surface area contributed by atoms with E-state index in [4.69, 9.17) is 5.73 Å². The van der Waals surface area contributed by atoms with Crippen molar-refractivity contribution in [3.05, 3.63) is 35.9 Å². The predicted octanol–water partition coefficient (Wildman–Crippen LogP) is 2.01. The zero-order valence-electron chi connectivity index (χ0n) is 9.76. The molecule has 3 heteroatoms. The Morgan fingerprint density at radius 1 is 1.29 bits per heavy atom. The molecule has 1 aromatic rings. The van der Waals surface area contributed by atoms with Crippen LogP contribution in [0, 0.1) is 5.92 Å². The molecule has 0 heterocycles. The fraction of sp³-hybridized carbons (Fsp3) is 0.429. The summed E-state index contributed by atoms with van der Waals surface area (Å²) in [5, 5.41) is 0. The van der Waals surface area contributed by atoms with Gasteiger partial charge in [-0.25, -0.2) is 0 Å². The van der Waals surface area contributed by atoms with Gasteiger partial charge in [0.25, 0.3) is 0 Å². The summed E-state index contributed by atoms with van der Waals surface area (Å²) < 4.78 is 0. The minimum absolute atomic E-state index is 0.0319. The quantitative estimate of drug-likeness (QED) is 0.861. The summed E-state index contributed by atoms with van der Waals surface area (Å²) in [5.41, 5.74) is 6.24. The van der Waals surface area contributed by atoms with E-state index in [-0.39, 0.29) is 17.7 Å². The Morgan fingerprint density at radius 2 is 2.00 bits per heavy atom. The zero-order valence-corrected chi connectivity index (χ0v) is 9.76. The molecule has 0 spiro atoms. The molecule has 0 aromatic heterocycles. The van der Waals surface area contributed by atoms with Gasteiger partial charge in [-0.2, -0.15) is 0 Å². The highest BCUT2D eigenvalue weighted by Crippen LogP contribution is 2.39. The first-order valence-corrected chi connectivity index (χ1v) is 6.04. The molecular formula is C14H17NO2. The number of primary amides is 1. The molecule has 0 aliphatic heterocycles. The van der Waals surface area contributed by atoms with Crippen molar-refractivity contribution in [2.45, 2.75) is 31.6 Å². The van der Waals surface area contributed by atoms with E-state index in [1.165, 1.54) is 0 Å². The number of ketones is 1. The van der Waals surface area contributed by atoms with Crippen molar-refractivity contribution in [2.24, 2.45) is 11.7 Å². The number of nitrogens with two attached hydrogens (primary N) is 1. The number of carbonyl (C=O) groups excluding carboxylic acids is 2. The van der Waals surface area contributed by atoms with E-state index in [2.05, 4.69) is 0 Å². The minimum atomic E-state index is -0.281. The third-order valence-corrected chi connectivity index (χ3v) is 3.50. The Balaban J connectivity index is 2.12. The van der Waals surface area contributed by atoms with Crippen LogP contribution in [0.1, 0.15) is 37.2 Å². The average molecular weight is 231 g/mol. The number of hydrogen-bond donors (Lipinski definition) is 1. The van der Waals surface area contributed by atoms with Gasteiger partial charge < -0.3 is 5.73 Å². The Morgan fingerprint density at radius 3 is 2.65 bits per heavy atom. The maximum Gasteiger partial charge on any atom is 0.217 e. The number of hydrogen-bond acceptors (Lipinski definition) is 2. The molecule has 17 heavy (non-hydrogen) atoms. The van der Waals surface area contributed by atoms with Crippen LogP contribution >= 0.6 is 0 Å². The van der Waals surface area contributed by atoms with Gasteiger partial charge in [0.2, 0.25) is 5.91 Å². The summed E-state index contributed by atoms with van der Waals surface area (Å²) in [6, 6.07) is 9.83. The van der Waals surface area contributed by atoms with Crippen LogP contribution in [-0.4, -0.2) is 11.7 Å². The molecule has 2 rings (SSSR count). The van der Waals surface area contributed by atoms with Crippen LogP contribution < -0.4 is 5.73 Å². The summed E-state index contributed by atoms with van der Waals surface area (Å²) in [7, 11) is 0. The highest BCUT2D eigenvalue weighted by Gasteiger charge is 2.35. The molecule has 1 aromatic carbocycles. The standard InChI is InChI=1S/C14H17NO2/c15-13(17)9-7-11-6-8-12(16)14(11)10-4-2-1-3-5-10/h1-5,11,14H,6-9H2,(H2,15,17). The highest BCUT2D eigenvalue weighted by molar-refractivity contribution is 5.88. The monoisotopic (exact) mass is 231 g/mol. The summed E-state index contributed by atoms with van der Waals surface area (Å²) >= 11 is 0. The lowest BCUT2D eigenvalue weighted by Gasteiger charge is -2.17. The van der Waals surface area contributed by atoms with Crippen LogP contribution in [-0.2, 0) is 9.59 Å². The van der Waals surface area contributed by atoms with Gasteiger partial charge >= 0.3 is 0 Å². The minimum Gasteiger partial charge on any atom is -0.370 e. The van der Waals surface area contributed by atoms with E-state index in [0.717, 1.165) is 18.4 Å². The fourth-order valence-electron chi connectivity index (χ4n) is 2.67. The van der Waals surface area contributed by atoms with Gasteiger partial charge in [-0.15, -0.1) is 0 Å². The Labute approximate surface area is 101 Å². The molecule has 90 valence electrons. The second-order valence-corrected chi connectivity index (χ2v) is 4.66. The van der Waals surface area contributed by atoms with Crippen LogP contribution in [0.3, 0.4) is 0 Å². The molecular weight excluding hydrogens is 214 g/mol. The van der Waals surface area contributed by atoms with Gasteiger partial charge in [0, 0.05) is 18.8 Å². The predicted molar refractivity (Wildman–Crippen MR) is 65.3 cm³/mol. The summed E-state index contributed by atoms with van der Waals surface area (Å²) in [4.78, 5) is 22.7. The maximum atomic E-state index is 11.9. The van der Waals surface area contributed by atoms with Crippen molar-refractivity contribution < 1.29 is 9.59 Å². The number of amides is 1. The molecule has 0 radical (unpaired) electrons. The molecule has 1 fully saturated rings. The number of benzene rings is 1. The normalized spacial score (nSPS) is 23.9. The zero-order chi connectivity index (χ0) is 12.3. The second-order valence-electron chi connectivity index (χ2n) is 4.66. The summed E-state index contributed by atoms with van der Waals surface area (Å²) in [6.45, 7) is 0. The van der Waals surface area contributed by atoms with Crippen LogP contribution in [0.5, 0.6) is 0 Å². The number of Topliss-reactive ketones (excluding diaryl/α,β-unsaturated/α-hetero) is 1. The third kappa shape index (κ3) is 2.73. The number of rotatable bonds is 4. The van der Waals surface area contributed by atoms with Gasteiger partial charge in [0.15, 0.2) is 0 Å². The van der Waals surface area contributed by atoms with Crippen LogP contribution in [0.25, 0.3) is 0 Å². The van der Waals surface area contributed by atoms with Gasteiger partial charge in [0.1, 0.15) is 5.78 Å². The van der Waals surface area contributed by atoms with Crippen LogP contribution in [0.2, 0.25) is 0 Å². The topological polar surface area (TPSA) is 60.2 Å². The molecule has 2 unspecified atom stereocenters. The Bertz CT molecular complexity index is 413. The number of carbonyl (C=O) groups is 2. The smallest absolute Gasteiger partial charge is 0.217 e.